The molecule has 0 bridgehead atoms. The van der Waals surface area contributed by atoms with Gasteiger partial charge in [0.2, 0.25) is 0 Å². The van der Waals surface area contributed by atoms with Crippen LogP contribution in [0, 0.1) is 0 Å². The van der Waals surface area contributed by atoms with Crippen LogP contribution in [0.15, 0.2) is 24.5 Å². The Labute approximate surface area is 143 Å². The molecule has 0 radical (unpaired) electrons. The number of amides is 1. The van der Waals surface area contributed by atoms with Gasteiger partial charge in [0, 0.05) is 38.6 Å². The molecule has 3 rings (SSSR count). The van der Waals surface area contributed by atoms with E-state index in [1.807, 2.05) is 30.1 Å². The molecule has 0 N–H and O–H groups in total. The molecule has 0 aliphatic carbocycles. The molecular weight excluding hydrogens is 302 g/mol. The van der Waals surface area contributed by atoms with E-state index >= 15 is 0 Å². The molecule has 6 nitrogen and oxygen atoms in total. The first kappa shape index (κ1) is 16.7. The van der Waals surface area contributed by atoms with Crippen LogP contribution in [0.4, 0.5) is 0 Å². The molecule has 2 aromatic rings. The van der Waals surface area contributed by atoms with Gasteiger partial charge < -0.3 is 4.90 Å². The van der Waals surface area contributed by atoms with Crippen molar-refractivity contribution < 1.29 is 4.79 Å². The van der Waals surface area contributed by atoms with Crippen molar-refractivity contribution in [2.24, 2.45) is 7.05 Å². The van der Waals surface area contributed by atoms with Gasteiger partial charge in [-0.15, -0.1) is 0 Å². The summed E-state index contributed by atoms with van der Waals surface area (Å²) in [4.78, 5) is 15.1. The zero-order chi connectivity index (χ0) is 16.9. The van der Waals surface area contributed by atoms with Crippen molar-refractivity contribution in [1.82, 2.24) is 24.5 Å². The number of carbonyl (C=O) groups excluding carboxylic acids is 1. The third-order valence-electron chi connectivity index (χ3n) is 4.79. The summed E-state index contributed by atoms with van der Waals surface area (Å²) < 4.78 is 3.69. The molecule has 1 fully saturated rings. The molecule has 1 unspecified atom stereocenters. The second-order valence-electron chi connectivity index (χ2n) is 6.60. The molecule has 0 spiro atoms. The predicted octanol–water partition coefficient (Wildman–Crippen LogP) is 2.65. The molecule has 1 saturated heterocycles. The van der Waals surface area contributed by atoms with Gasteiger partial charge in [0.1, 0.15) is 5.69 Å². The fourth-order valence-electron chi connectivity index (χ4n) is 3.53. The second kappa shape index (κ2) is 7.64. The minimum Gasteiger partial charge on any atom is -0.334 e. The highest BCUT2D eigenvalue weighted by Gasteiger charge is 2.29. The average Bonchev–Trinajstić information content (AvgIpc) is 3.22. The normalized spacial score (nSPS) is 18.1. The van der Waals surface area contributed by atoms with Crippen LogP contribution < -0.4 is 0 Å². The number of rotatable bonds is 6. The molecule has 24 heavy (non-hydrogen) atoms. The second-order valence-corrected chi connectivity index (χ2v) is 6.60. The summed E-state index contributed by atoms with van der Waals surface area (Å²) in [7, 11) is 1.87. The van der Waals surface area contributed by atoms with Crippen LogP contribution in [0.1, 0.15) is 55.2 Å². The van der Waals surface area contributed by atoms with Gasteiger partial charge in [0.05, 0.1) is 5.69 Å². The molecule has 1 aliphatic heterocycles. The van der Waals surface area contributed by atoms with Crippen molar-refractivity contribution in [2.45, 2.75) is 58.0 Å². The lowest BCUT2D eigenvalue weighted by molar-refractivity contribution is 0.0582. The monoisotopic (exact) mass is 329 g/mol. The van der Waals surface area contributed by atoms with Crippen LogP contribution in [-0.2, 0) is 20.0 Å². The third kappa shape index (κ3) is 3.68. The number of piperidine rings is 1. The van der Waals surface area contributed by atoms with Gasteiger partial charge in [-0.05, 0) is 44.2 Å². The largest absolute Gasteiger partial charge is 0.334 e. The van der Waals surface area contributed by atoms with Gasteiger partial charge >= 0.3 is 0 Å². The van der Waals surface area contributed by atoms with Crippen molar-refractivity contribution >= 4 is 5.91 Å². The molecular formula is C18H27N5O. The van der Waals surface area contributed by atoms with Crippen molar-refractivity contribution in [2.75, 3.05) is 6.54 Å². The molecule has 1 amide bonds. The van der Waals surface area contributed by atoms with Crippen molar-refractivity contribution in [3.8, 4) is 0 Å². The van der Waals surface area contributed by atoms with E-state index in [0.717, 1.165) is 50.9 Å². The smallest absolute Gasteiger partial charge is 0.272 e. The Bertz CT molecular complexity index is 661. The Balaban J connectivity index is 1.70. The van der Waals surface area contributed by atoms with Gasteiger partial charge in [-0.3, -0.25) is 14.2 Å². The Morgan fingerprint density at radius 3 is 3.00 bits per heavy atom. The first-order chi connectivity index (χ1) is 11.7. The Hall–Kier alpha value is -2.11. The van der Waals surface area contributed by atoms with E-state index in [2.05, 4.69) is 22.0 Å². The van der Waals surface area contributed by atoms with Gasteiger partial charge in [0.25, 0.3) is 5.91 Å². The molecule has 2 aromatic heterocycles. The number of likely N-dealkylation sites (tertiary alicyclic amines) is 1. The van der Waals surface area contributed by atoms with Crippen LogP contribution in [-0.4, -0.2) is 43.0 Å². The van der Waals surface area contributed by atoms with Crippen LogP contribution >= 0.6 is 0 Å². The molecule has 6 heteroatoms. The summed E-state index contributed by atoms with van der Waals surface area (Å²) in [5.74, 6) is 0.123. The summed E-state index contributed by atoms with van der Waals surface area (Å²) in [6.45, 7) is 3.83. The lowest BCUT2D eigenvalue weighted by Crippen LogP contribution is -2.44. The van der Waals surface area contributed by atoms with Gasteiger partial charge in [0.15, 0.2) is 0 Å². The fraction of sp³-hybridized carbons (Fsp3) is 0.611. The van der Waals surface area contributed by atoms with Crippen LogP contribution in [0.2, 0.25) is 0 Å². The fourth-order valence-corrected chi connectivity index (χ4v) is 3.53. The van der Waals surface area contributed by atoms with E-state index in [1.165, 1.54) is 6.42 Å². The molecule has 1 atom stereocenters. The zero-order valence-corrected chi connectivity index (χ0v) is 14.7. The van der Waals surface area contributed by atoms with E-state index in [1.54, 1.807) is 10.9 Å². The van der Waals surface area contributed by atoms with E-state index in [0.29, 0.717) is 11.7 Å². The first-order valence-electron chi connectivity index (χ1n) is 9.00. The number of carbonyl (C=O) groups is 1. The minimum atomic E-state index is 0.123. The lowest BCUT2D eigenvalue weighted by Gasteiger charge is -2.35. The number of nitrogens with zero attached hydrogens (tertiary/aromatic N) is 5. The maximum atomic E-state index is 13.1. The number of aryl methyl sites for hydroxylation is 3. The highest BCUT2D eigenvalue weighted by molar-refractivity contribution is 5.93. The Morgan fingerprint density at radius 1 is 1.38 bits per heavy atom. The SMILES string of the molecule is CCCc1cc(C(=O)N2CCCCC2CCn2cccn2)n(C)n1. The highest BCUT2D eigenvalue weighted by atomic mass is 16.2. The standard InChI is InChI=1S/C18H27N5O/c1-3-7-15-14-17(21(2)20-15)18(24)23-12-5-4-8-16(23)9-13-22-11-6-10-19-22/h6,10-11,14,16H,3-5,7-9,12-13H2,1-2H3. The Morgan fingerprint density at radius 2 is 2.25 bits per heavy atom. The van der Waals surface area contributed by atoms with Crippen molar-refractivity contribution in [3.05, 3.63) is 35.9 Å². The zero-order valence-electron chi connectivity index (χ0n) is 14.7. The van der Waals surface area contributed by atoms with Crippen LogP contribution in [0.3, 0.4) is 0 Å². The van der Waals surface area contributed by atoms with Gasteiger partial charge in [-0.2, -0.15) is 10.2 Å². The topological polar surface area (TPSA) is 56.0 Å². The van der Waals surface area contributed by atoms with E-state index < -0.39 is 0 Å². The minimum absolute atomic E-state index is 0.123. The number of hydrogen-bond acceptors (Lipinski definition) is 3. The number of aromatic nitrogens is 4. The van der Waals surface area contributed by atoms with Gasteiger partial charge in [-0.1, -0.05) is 13.3 Å². The average molecular weight is 329 g/mol. The van der Waals surface area contributed by atoms with E-state index in [-0.39, 0.29) is 5.91 Å². The van der Waals surface area contributed by atoms with Crippen LogP contribution in [0.25, 0.3) is 0 Å². The van der Waals surface area contributed by atoms with Crippen molar-refractivity contribution in [1.29, 1.82) is 0 Å². The molecule has 130 valence electrons. The quantitative estimate of drug-likeness (QED) is 0.819. The maximum absolute atomic E-state index is 13.1. The molecule has 0 aromatic carbocycles. The van der Waals surface area contributed by atoms with Crippen molar-refractivity contribution in [3.63, 3.8) is 0 Å². The maximum Gasteiger partial charge on any atom is 0.272 e. The van der Waals surface area contributed by atoms with Gasteiger partial charge in [-0.25, -0.2) is 0 Å². The van der Waals surface area contributed by atoms with E-state index in [4.69, 9.17) is 0 Å². The van der Waals surface area contributed by atoms with Crippen LogP contribution in [0.5, 0.6) is 0 Å². The molecule has 1 aliphatic rings. The summed E-state index contributed by atoms with van der Waals surface area (Å²) >= 11 is 0. The predicted molar refractivity (Wildman–Crippen MR) is 92.7 cm³/mol. The summed E-state index contributed by atoms with van der Waals surface area (Å²) in [5, 5.41) is 8.75. The first-order valence-corrected chi connectivity index (χ1v) is 9.00. The summed E-state index contributed by atoms with van der Waals surface area (Å²) in [6.07, 6.45) is 10.1. The third-order valence-corrected chi connectivity index (χ3v) is 4.79. The van der Waals surface area contributed by atoms with E-state index in [9.17, 15) is 4.79 Å². The lowest BCUT2D eigenvalue weighted by atomic mass is 9.98. The molecule has 0 saturated carbocycles. The molecule has 3 heterocycles. The highest BCUT2D eigenvalue weighted by Crippen LogP contribution is 2.23. The Kier molecular flexibility index (Phi) is 5.33. The number of hydrogen-bond donors (Lipinski definition) is 0. The summed E-state index contributed by atoms with van der Waals surface area (Å²) in [5.41, 5.74) is 1.72. The summed E-state index contributed by atoms with van der Waals surface area (Å²) in [6, 6.07) is 4.19.